The van der Waals surface area contributed by atoms with E-state index in [1.165, 1.54) is 0 Å². The van der Waals surface area contributed by atoms with Gasteiger partial charge in [-0.1, -0.05) is 13.0 Å². The van der Waals surface area contributed by atoms with E-state index in [4.69, 9.17) is 4.74 Å². The molecule has 0 spiro atoms. The van der Waals surface area contributed by atoms with E-state index in [0.717, 1.165) is 12.8 Å². The molecular weight excluding hydrogens is 154 g/mol. The highest BCUT2D eigenvalue weighted by atomic mass is 16.6. The molecule has 1 unspecified atom stereocenters. The highest BCUT2D eigenvalue weighted by Crippen LogP contribution is 1.95. The van der Waals surface area contributed by atoms with Gasteiger partial charge in [-0.25, -0.2) is 4.79 Å². The third-order valence-electron chi connectivity index (χ3n) is 1.50. The Labute approximate surface area is 73.8 Å². The first-order chi connectivity index (χ1) is 5.70. The van der Waals surface area contributed by atoms with Gasteiger partial charge in [0.1, 0.15) is 6.10 Å². The fraction of sp³-hybridized carbons (Fsp3) is 0.667. The van der Waals surface area contributed by atoms with Crippen molar-refractivity contribution in [3.63, 3.8) is 0 Å². The Hall–Kier alpha value is -0.990. The predicted molar refractivity (Wildman–Crippen MR) is 49.1 cm³/mol. The van der Waals surface area contributed by atoms with Crippen LogP contribution in [0.25, 0.3) is 0 Å². The lowest BCUT2D eigenvalue weighted by Gasteiger charge is -2.10. The van der Waals surface area contributed by atoms with Gasteiger partial charge in [-0.3, -0.25) is 0 Å². The van der Waals surface area contributed by atoms with Crippen molar-refractivity contribution in [1.82, 2.24) is 5.32 Å². The molecule has 0 heterocycles. The molecule has 0 aromatic heterocycles. The zero-order chi connectivity index (χ0) is 9.40. The lowest BCUT2D eigenvalue weighted by atomic mass is 10.3. The lowest BCUT2D eigenvalue weighted by molar-refractivity contribution is 0.105. The van der Waals surface area contributed by atoms with E-state index in [-0.39, 0.29) is 12.2 Å². The summed E-state index contributed by atoms with van der Waals surface area (Å²) in [5.74, 6) is 0. The first-order valence-electron chi connectivity index (χ1n) is 4.26. The van der Waals surface area contributed by atoms with Gasteiger partial charge < -0.3 is 10.1 Å². The summed E-state index contributed by atoms with van der Waals surface area (Å²) in [5, 5.41) is 2.62. The molecule has 0 aromatic carbocycles. The maximum atomic E-state index is 10.9. The van der Waals surface area contributed by atoms with Crippen LogP contribution in [0.5, 0.6) is 0 Å². The Bertz CT molecular complexity index is 145. The van der Waals surface area contributed by atoms with E-state index in [0.29, 0.717) is 6.54 Å². The molecule has 0 bridgehead atoms. The van der Waals surface area contributed by atoms with Gasteiger partial charge in [0.15, 0.2) is 0 Å². The molecule has 0 rings (SSSR count). The second kappa shape index (κ2) is 6.70. The molecule has 0 radical (unpaired) electrons. The summed E-state index contributed by atoms with van der Waals surface area (Å²) < 4.78 is 4.96. The molecule has 0 aliphatic carbocycles. The fourth-order valence-electron chi connectivity index (χ4n) is 0.584. The second-order valence-electron chi connectivity index (χ2n) is 2.63. The smallest absolute Gasteiger partial charge is 0.407 e. The SMILES string of the molecule is C=CCCNC(=O)OC(C)CC. The second-order valence-corrected chi connectivity index (χ2v) is 2.63. The van der Waals surface area contributed by atoms with Gasteiger partial charge in [0, 0.05) is 6.54 Å². The first kappa shape index (κ1) is 11.0. The zero-order valence-electron chi connectivity index (χ0n) is 7.80. The molecule has 1 atom stereocenters. The highest BCUT2D eigenvalue weighted by molar-refractivity contribution is 5.67. The van der Waals surface area contributed by atoms with E-state index >= 15 is 0 Å². The van der Waals surface area contributed by atoms with E-state index in [1.54, 1.807) is 6.08 Å². The first-order valence-corrected chi connectivity index (χ1v) is 4.26. The van der Waals surface area contributed by atoms with Crippen molar-refractivity contribution >= 4 is 6.09 Å². The number of amides is 1. The van der Waals surface area contributed by atoms with Crippen LogP contribution in [0.15, 0.2) is 12.7 Å². The Morgan fingerprint density at radius 1 is 1.75 bits per heavy atom. The number of carbonyl (C=O) groups is 1. The van der Waals surface area contributed by atoms with Gasteiger partial charge >= 0.3 is 6.09 Å². The number of nitrogens with one attached hydrogen (secondary N) is 1. The minimum absolute atomic E-state index is 0.00580. The van der Waals surface area contributed by atoms with Crippen molar-refractivity contribution in [2.45, 2.75) is 32.8 Å². The monoisotopic (exact) mass is 171 g/mol. The average Bonchev–Trinajstić information content (AvgIpc) is 2.05. The Morgan fingerprint density at radius 2 is 2.42 bits per heavy atom. The van der Waals surface area contributed by atoms with Gasteiger partial charge in [-0.15, -0.1) is 6.58 Å². The number of alkyl carbamates (subject to hydrolysis) is 1. The molecule has 12 heavy (non-hydrogen) atoms. The highest BCUT2D eigenvalue weighted by Gasteiger charge is 2.04. The van der Waals surface area contributed by atoms with Gasteiger partial charge in [0.25, 0.3) is 0 Å². The van der Waals surface area contributed by atoms with Crippen molar-refractivity contribution in [2.75, 3.05) is 6.54 Å². The van der Waals surface area contributed by atoms with Crippen molar-refractivity contribution in [3.8, 4) is 0 Å². The minimum atomic E-state index is -0.341. The summed E-state index contributed by atoms with van der Waals surface area (Å²) in [6.45, 7) is 7.98. The van der Waals surface area contributed by atoms with E-state index in [1.807, 2.05) is 13.8 Å². The summed E-state index contributed by atoms with van der Waals surface area (Å²) in [6, 6.07) is 0. The van der Waals surface area contributed by atoms with Gasteiger partial charge in [0.2, 0.25) is 0 Å². The predicted octanol–water partition coefficient (Wildman–Crippen LogP) is 2.09. The number of hydrogen-bond acceptors (Lipinski definition) is 2. The van der Waals surface area contributed by atoms with Crippen LogP contribution in [0, 0.1) is 0 Å². The third-order valence-corrected chi connectivity index (χ3v) is 1.50. The largest absolute Gasteiger partial charge is 0.447 e. The molecule has 0 aliphatic rings. The van der Waals surface area contributed by atoms with Crippen LogP contribution in [-0.4, -0.2) is 18.7 Å². The molecule has 3 heteroatoms. The maximum Gasteiger partial charge on any atom is 0.407 e. The molecule has 3 nitrogen and oxygen atoms in total. The topological polar surface area (TPSA) is 38.3 Å². The van der Waals surface area contributed by atoms with E-state index in [9.17, 15) is 4.79 Å². The van der Waals surface area contributed by atoms with E-state index < -0.39 is 0 Å². The standard InChI is InChI=1S/C9H17NO2/c1-4-6-7-10-9(11)12-8(3)5-2/h4,8H,1,5-7H2,2-3H3,(H,10,11). The molecule has 1 N–H and O–H groups in total. The molecule has 0 aliphatic heterocycles. The maximum absolute atomic E-state index is 10.9. The summed E-state index contributed by atoms with van der Waals surface area (Å²) in [4.78, 5) is 10.9. The average molecular weight is 171 g/mol. The zero-order valence-corrected chi connectivity index (χ0v) is 7.80. The van der Waals surface area contributed by atoms with Crippen molar-refractivity contribution in [1.29, 1.82) is 0 Å². The summed E-state index contributed by atoms with van der Waals surface area (Å²) >= 11 is 0. The van der Waals surface area contributed by atoms with Crippen LogP contribution in [-0.2, 0) is 4.74 Å². The summed E-state index contributed by atoms with van der Waals surface area (Å²) in [5.41, 5.74) is 0. The van der Waals surface area contributed by atoms with Crippen molar-refractivity contribution in [2.24, 2.45) is 0 Å². The van der Waals surface area contributed by atoms with Crippen molar-refractivity contribution < 1.29 is 9.53 Å². The molecular formula is C9H17NO2. The van der Waals surface area contributed by atoms with Gasteiger partial charge in [0.05, 0.1) is 0 Å². The minimum Gasteiger partial charge on any atom is -0.447 e. The molecule has 1 amide bonds. The summed E-state index contributed by atoms with van der Waals surface area (Å²) in [7, 11) is 0. The van der Waals surface area contributed by atoms with Crippen LogP contribution < -0.4 is 5.32 Å². The van der Waals surface area contributed by atoms with Crippen LogP contribution >= 0.6 is 0 Å². The Balaban J connectivity index is 3.39. The third kappa shape index (κ3) is 5.77. The quantitative estimate of drug-likeness (QED) is 0.508. The molecule has 0 fully saturated rings. The molecule has 0 aromatic rings. The normalized spacial score (nSPS) is 11.8. The summed E-state index contributed by atoms with van der Waals surface area (Å²) in [6.07, 6.45) is 3.02. The molecule has 70 valence electrons. The Morgan fingerprint density at radius 3 is 2.92 bits per heavy atom. The van der Waals surface area contributed by atoms with Crippen LogP contribution in [0.4, 0.5) is 4.79 Å². The van der Waals surface area contributed by atoms with Gasteiger partial charge in [-0.2, -0.15) is 0 Å². The molecule has 0 saturated heterocycles. The van der Waals surface area contributed by atoms with Gasteiger partial charge in [-0.05, 0) is 19.8 Å². The number of rotatable bonds is 5. The van der Waals surface area contributed by atoms with Crippen LogP contribution in [0.1, 0.15) is 26.7 Å². The van der Waals surface area contributed by atoms with Crippen LogP contribution in [0.2, 0.25) is 0 Å². The Kier molecular flexibility index (Phi) is 6.15. The van der Waals surface area contributed by atoms with Crippen molar-refractivity contribution in [3.05, 3.63) is 12.7 Å². The number of ether oxygens (including phenoxy) is 1. The fourth-order valence-corrected chi connectivity index (χ4v) is 0.584. The molecule has 0 saturated carbocycles. The van der Waals surface area contributed by atoms with E-state index in [2.05, 4.69) is 11.9 Å². The number of hydrogen-bond donors (Lipinski definition) is 1. The lowest BCUT2D eigenvalue weighted by Crippen LogP contribution is -2.28. The van der Waals surface area contributed by atoms with Crippen LogP contribution in [0.3, 0.4) is 0 Å². The number of carbonyl (C=O) groups excluding carboxylic acids is 1.